The molecule has 5 nitrogen and oxygen atoms in total. The van der Waals surface area contributed by atoms with Gasteiger partial charge in [-0.1, -0.05) is 11.8 Å². The number of ketones is 1. The molecule has 0 aliphatic carbocycles. The number of nitrogen functional groups attached to an aromatic ring is 1. The SMILES string of the molecule is CSc1nc(N)nc(SCC(=O)c2ccc(F)cc2)c1C#N. The van der Waals surface area contributed by atoms with E-state index in [0.717, 1.165) is 11.8 Å². The molecule has 1 aromatic heterocycles. The van der Waals surface area contributed by atoms with Crippen molar-refractivity contribution in [2.75, 3.05) is 17.7 Å². The number of halogens is 1. The fourth-order valence-corrected chi connectivity index (χ4v) is 3.11. The van der Waals surface area contributed by atoms with Gasteiger partial charge in [-0.2, -0.15) is 5.26 Å². The molecule has 2 aromatic rings. The Hall–Kier alpha value is -2.11. The van der Waals surface area contributed by atoms with E-state index in [-0.39, 0.29) is 17.5 Å². The van der Waals surface area contributed by atoms with Crippen LogP contribution in [-0.2, 0) is 0 Å². The van der Waals surface area contributed by atoms with Gasteiger partial charge in [0.15, 0.2) is 5.78 Å². The van der Waals surface area contributed by atoms with E-state index in [2.05, 4.69) is 9.97 Å². The van der Waals surface area contributed by atoms with Crippen LogP contribution in [-0.4, -0.2) is 27.8 Å². The number of nitriles is 1. The number of anilines is 1. The summed E-state index contributed by atoms with van der Waals surface area (Å²) in [7, 11) is 0. The zero-order valence-electron chi connectivity index (χ0n) is 11.5. The number of carbonyl (C=O) groups excluding carboxylic acids is 1. The van der Waals surface area contributed by atoms with Crippen LogP contribution in [0.25, 0.3) is 0 Å². The van der Waals surface area contributed by atoms with E-state index in [9.17, 15) is 14.4 Å². The Balaban J connectivity index is 2.18. The first-order chi connectivity index (χ1) is 10.5. The Morgan fingerprint density at radius 1 is 1.32 bits per heavy atom. The van der Waals surface area contributed by atoms with E-state index >= 15 is 0 Å². The van der Waals surface area contributed by atoms with Gasteiger partial charge in [-0.15, -0.1) is 11.8 Å². The first kappa shape index (κ1) is 16.3. The predicted molar refractivity (Wildman–Crippen MR) is 84.4 cm³/mol. The first-order valence-corrected chi connectivity index (χ1v) is 8.29. The fraction of sp³-hybridized carbons (Fsp3) is 0.143. The maximum absolute atomic E-state index is 12.8. The van der Waals surface area contributed by atoms with Crippen molar-refractivity contribution in [2.45, 2.75) is 10.1 Å². The van der Waals surface area contributed by atoms with Gasteiger partial charge in [0.05, 0.1) is 5.75 Å². The Morgan fingerprint density at radius 2 is 1.95 bits per heavy atom. The molecule has 0 unspecified atom stereocenters. The van der Waals surface area contributed by atoms with Crippen molar-refractivity contribution in [3.63, 3.8) is 0 Å². The van der Waals surface area contributed by atoms with Crippen molar-refractivity contribution >= 4 is 35.3 Å². The average Bonchev–Trinajstić information content (AvgIpc) is 2.52. The standard InChI is InChI=1S/C14H11FN4OS2/c1-21-12-10(6-16)13(19-14(17)18-12)22-7-11(20)8-2-4-9(15)5-3-8/h2-5H,7H2,1H3,(H2,17,18,19). The van der Waals surface area contributed by atoms with Gasteiger partial charge in [0, 0.05) is 5.56 Å². The highest BCUT2D eigenvalue weighted by molar-refractivity contribution is 8.00. The minimum absolute atomic E-state index is 0.0556. The molecular formula is C14H11FN4OS2. The highest BCUT2D eigenvalue weighted by Gasteiger charge is 2.15. The van der Waals surface area contributed by atoms with Crippen molar-refractivity contribution in [2.24, 2.45) is 0 Å². The second-order valence-corrected chi connectivity index (χ2v) is 5.86. The molecular weight excluding hydrogens is 323 g/mol. The predicted octanol–water partition coefficient (Wildman–Crippen LogP) is 2.77. The first-order valence-electron chi connectivity index (χ1n) is 6.08. The zero-order valence-corrected chi connectivity index (χ0v) is 13.2. The third-order valence-electron chi connectivity index (χ3n) is 2.67. The maximum atomic E-state index is 12.8. The van der Waals surface area contributed by atoms with Gasteiger partial charge in [0.2, 0.25) is 5.95 Å². The Morgan fingerprint density at radius 3 is 2.55 bits per heavy atom. The van der Waals surface area contributed by atoms with Crippen LogP contribution < -0.4 is 5.73 Å². The molecule has 0 aliphatic rings. The molecule has 2 N–H and O–H groups in total. The highest BCUT2D eigenvalue weighted by Crippen LogP contribution is 2.28. The number of hydrogen-bond donors (Lipinski definition) is 1. The molecule has 0 radical (unpaired) electrons. The molecule has 8 heteroatoms. The maximum Gasteiger partial charge on any atom is 0.222 e. The van der Waals surface area contributed by atoms with Gasteiger partial charge >= 0.3 is 0 Å². The van der Waals surface area contributed by atoms with Crippen LogP contribution in [0.5, 0.6) is 0 Å². The fourth-order valence-electron chi connectivity index (χ4n) is 1.64. The highest BCUT2D eigenvalue weighted by atomic mass is 32.2. The van der Waals surface area contributed by atoms with Crippen molar-refractivity contribution in [3.05, 3.63) is 41.2 Å². The van der Waals surface area contributed by atoms with E-state index in [0.29, 0.717) is 21.2 Å². The van der Waals surface area contributed by atoms with Crippen LogP contribution in [0.1, 0.15) is 15.9 Å². The van der Waals surface area contributed by atoms with Crippen LogP contribution in [0.4, 0.5) is 10.3 Å². The van der Waals surface area contributed by atoms with E-state index in [1.54, 1.807) is 6.26 Å². The van der Waals surface area contributed by atoms with E-state index < -0.39 is 5.82 Å². The van der Waals surface area contributed by atoms with Gasteiger partial charge in [0.25, 0.3) is 0 Å². The van der Waals surface area contributed by atoms with Gasteiger partial charge in [0.1, 0.15) is 27.5 Å². The van der Waals surface area contributed by atoms with Crippen molar-refractivity contribution in [1.82, 2.24) is 9.97 Å². The van der Waals surface area contributed by atoms with E-state index in [4.69, 9.17) is 5.73 Å². The van der Waals surface area contributed by atoms with Crippen molar-refractivity contribution in [1.29, 1.82) is 5.26 Å². The number of aromatic nitrogens is 2. The Kier molecular flexibility index (Phi) is 5.35. The van der Waals surface area contributed by atoms with Gasteiger partial charge in [-0.3, -0.25) is 4.79 Å². The van der Waals surface area contributed by atoms with Crippen LogP contribution in [0.3, 0.4) is 0 Å². The lowest BCUT2D eigenvalue weighted by molar-refractivity contribution is 0.102. The zero-order chi connectivity index (χ0) is 16.1. The van der Waals surface area contributed by atoms with Gasteiger partial charge in [-0.05, 0) is 30.5 Å². The molecule has 1 heterocycles. The molecule has 0 atom stereocenters. The largest absolute Gasteiger partial charge is 0.368 e. The van der Waals surface area contributed by atoms with E-state index in [1.165, 1.54) is 36.0 Å². The molecule has 0 aliphatic heterocycles. The number of nitrogens with two attached hydrogens (primary N) is 1. The number of Topliss-reactive ketones (excluding diaryl/α,β-unsaturated/α-hetero) is 1. The second kappa shape index (κ2) is 7.24. The lowest BCUT2D eigenvalue weighted by Crippen LogP contribution is -2.05. The monoisotopic (exact) mass is 334 g/mol. The molecule has 0 saturated heterocycles. The average molecular weight is 334 g/mol. The number of benzene rings is 1. The van der Waals surface area contributed by atoms with Gasteiger partial charge in [-0.25, -0.2) is 14.4 Å². The minimum Gasteiger partial charge on any atom is -0.368 e. The molecule has 0 fully saturated rings. The van der Waals surface area contributed by atoms with Gasteiger partial charge < -0.3 is 5.73 Å². The molecule has 22 heavy (non-hydrogen) atoms. The van der Waals surface area contributed by atoms with Crippen LogP contribution in [0.15, 0.2) is 34.3 Å². The smallest absolute Gasteiger partial charge is 0.222 e. The number of rotatable bonds is 5. The summed E-state index contributed by atoms with van der Waals surface area (Å²) in [6, 6.07) is 7.33. The molecule has 0 spiro atoms. The summed E-state index contributed by atoms with van der Waals surface area (Å²) in [6.45, 7) is 0. The van der Waals surface area contributed by atoms with Crippen molar-refractivity contribution in [3.8, 4) is 6.07 Å². The summed E-state index contributed by atoms with van der Waals surface area (Å²) in [6.07, 6.45) is 1.78. The third-order valence-corrected chi connectivity index (χ3v) is 4.33. The summed E-state index contributed by atoms with van der Waals surface area (Å²) in [5.41, 5.74) is 6.31. The lowest BCUT2D eigenvalue weighted by atomic mass is 10.1. The topological polar surface area (TPSA) is 92.7 Å². The van der Waals surface area contributed by atoms with Crippen LogP contribution >= 0.6 is 23.5 Å². The number of nitrogens with zero attached hydrogens (tertiary/aromatic N) is 3. The molecule has 112 valence electrons. The molecule has 1 aromatic carbocycles. The van der Waals surface area contributed by atoms with Crippen LogP contribution in [0.2, 0.25) is 0 Å². The Labute approximate surface area is 135 Å². The molecule has 0 bridgehead atoms. The summed E-state index contributed by atoms with van der Waals surface area (Å²) >= 11 is 2.40. The summed E-state index contributed by atoms with van der Waals surface area (Å²) < 4.78 is 12.8. The number of thioether (sulfide) groups is 2. The lowest BCUT2D eigenvalue weighted by Gasteiger charge is -2.07. The Bertz CT molecular complexity index is 744. The second-order valence-electron chi connectivity index (χ2n) is 4.10. The molecule has 0 saturated carbocycles. The third kappa shape index (κ3) is 3.75. The van der Waals surface area contributed by atoms with Crippen molar-refractivity contribution < 1.29 is 9.18 Å². The van der Waals surface area contributed by atoms with E-state index in [1.807, 2.05) is 6.07 Å². The minimum atomic E-state index is -0.399. The number of hydrogen-bond acceptors (Lipinski definition) is 7. The quantitative estimate of drug-likeness (QED) is 0.510. The van der Waals surface area contributed by atoms with Crippen LogP contribution in [0, 0.1) is 17.1 Å². The summed E-state index contributed by atoms with van der Waals surface area (Å²) in [4.78, 5) is 20.1. The summed E-state index contributed by atoms with van der Waals surface area (Å²) in [5, 5.41) is 10.1. The number of carbonyl (C=O) groups is 1. The molecule has 0 amide bonds. The summed E-state index contributed by atoms with van der Waals surface area (Å²) in [5.74, 6) is -0.453. The normalized spacial score (nSPS) is 10.2. The molecule has 2 rings (SSSR count).